The number of nitrogens with zero attached hydrogens (tertiary/aromatic N) is 5. The van der Waals surface area contributed by atoms with Gasteiger partial charge in [-0.15, -0.1) is 5.10 Å². The molecule has 1 amide bonds. The molecule has 11 heteroatoms. The van der Waals surface area contributed by atoms with Crippen molar-refractivity contribution in [2.45, 2.75) is 31.8 Å². The molecule has 4 rings (SSSR count). The Morgan fingerprint density at radius 2 is 2.03 bits per heavy atom. The van der Waals surface area contributed by atoms with E-state index in [1.807, 2.05) is 4.90 Å². The predicted molar refractivity (Wildman–Crippen MR) is 107 cm³/mol. The van der Waals surface area contributed by atoms with Gasteiger partial charge in [0.2, 0.25) is 11.7 Å². The molecule has 162 valence electrons. The first-order valence-electron chi connectivity index (χ1n) is 10.1. The number of hydrogen-bond acceptors (Lipinski definition) is 7. The molecule has 0 aromatic carbocycles. The number of furan rings is 1. The molecule has 0 saturated carbocycles. The Morgan fingerprint density at radius 1 is 1.23 bits per heavy atom. The summed E-state index contributed by atoms with van der Waals surface area (Å²) in [6.07, 6.45) is 5.90. The summed E-state index contributed by atoms with van der Waals surface area (Å²) >= 11 is 0. The molecule has 2 aliphatic rings. The van der Waals surface area contributed by atoms with Crippen molar-refractivity contribution in [3.63, 3.8) is 0 Å². The van der Waals surface area contributed by atoms with Gasteiger partial charge >= 0.3 is 5.97 Å². The summed E-state index contributed by atoms with van der Waals surface area (Å²) in [7, 11) is -0.764. The minimum absolute atomic E-state index is 0.0601. The standard InChI is InChI=1S/C19H25N5O5S/c25-17(13-22-6-9-30(28)10-7-22)24-5-2-1-3-16(24)15-12-23(21-20-15)11-14-4-8-29-18(14)19(26)27/h4,8,12,16H,1-3,5-7,9-11,13H2,(H,26,27). The molecule has 2 saturated heterocycles. The lowest BCUT2D eigenvalue weighted by atomic mass is 9.99. The molecule has 2 fully saturated rings. The van der Waals surface area contributed by atoms with Gasteiger partial charge in [0.1, 0.15) is 5.69 Å². The van der Waals surface area contributed by atoms with Gasteiger partial charge in [-0.05, 0) is 25.3 Å². The van der Waals surface area contributed by atoms with Crippen LogP contribution in [0.4, 0.5) is 0 Å². The molecule has 2 aromatic heterocycles. The highest BCUT2D eigenvalue weighted by Gasteiger charge is 2.31. The van der Waals surface area contributed by atoms with E-state index in [4.69, 9.17) is 4.42 Å². The fourth-order valence-electron chi connectivity index (χ4n) is 4.02. The summed E-state index contributed by atoms with van der Waals surface area (Å²) in [5.41, 5.74) is 1.22. The number of carboxylic acids is 1. The smallest absolute Gasteiger partial charge is 0.372 e. The van der Waals surface area contributed by atoms with E-state index >= 15 is 0 Å². The number of carbonyl (C=O) groups excluding carboxylic acids is 1. The van der Waals surface area contributed by atoms with Gasteiger partial charge in [0.25, 0.3) is 0 Å². The van der Waals surface area contributed by atoms with Crippen molar-refractivity contribution in [1.29, 1.82) is 0 Å². The number of carbonyl (C=O) groups is 2. The molecule has 1 unspecified atom stereocenters. The maximum atomic E-state index is 13.0. The maximum Gasteiger partial charge on any atom is 0.372 e. The first kappa shape index (κ1) is 20.7. The van der Waals surface area contributed by atoms with Gasteiger partial charge in [-0.25, -0.2) is 9.48 Å². The van der Waals surface area contributed by atoms with Crippen LogP contribution in [0.15, 0.2) is 22.9 Å². The number of carboxylic acid groups (broad SMARTS) is 1. The first-order valence-corrected chi connectivity index (χ1v) is 11.6. The van der Waals surface area contributed by atoms with E-state index in [-0.39, 0.29) is 24.3 Å². The highest BCUT2D eigenvalue weighted by molar-refractivity contribution is 7.85. The van der Waals surface area contributed by atoms with Crippen LogP contribution in [0.25, 0.3) is 0 Å². The summed E-state index contributed by atoms with van der Waals surface area (Å²) in [6.45, 7) is 2.61. The van der Waals surface area contributed by atoms with Gasteiger partial charge in [-0.3, -0.25) is 13.9 Å². The number of rotatable bonds is 6. The number of aromatic carboxylic acids is 1. The minimum atomic E-state index is -1.12. The fraction of sp³-hybridized carbons (Fsp3) is 0.579. The van der Waals surface area contributed by atoms with Crippen molar-refractivity contribution in [3.8, 4) is 0 Å². The van der Waals surface area contributed by atoms with E-state index in [0.717, 1.165) is 19.3 Å². The quantitative estimate of drug-likeness (QED) is 0.705. The van der Waals surface area contributed by atoms with Crippen molar-refractivity contribution >= 4 is 22.7 Å². The van der Waals surface area contributed by atoms with Crippen LogP contribution in [0.2, 0.25) is 0 Å². The Balaban J connectivity index is 1.44. The molecule has 2 aliphatic heterocycles. The molecule has 10 nitrogen and oxygen atoms in total. The Morgan fingerprint density at radius 3 is 2.80 bits per heavy atom. The molecule has 0 spiro atoms. The Labute approximate surface area is 176 Å². The zero-order chi connectivity index (χ0) is 21.1. The van der Waals surface area contributed by atoms with Crippen LogP contribution in [0.3, 0.4) is 0 Å². The van der Waals surface area contributed by atoms with Gasteiger partial charge in [0.05, 0.1) is 31.6 Å². The molecule has 2 aromatic rings. The Bertz CT molecular complexity index is 931. The van der Waals surface area contributed by atoms with Gasteiger partial charge in [0, 0.05) is 47.5 Å². The van der Waals surface area contributed by atoms with Gasteiger partial charge in [0.15, 0.2) is 0 Å². The lowest BCUT2D eigenvalue weighted by molar-refractivity contribution is -0.136. The topological polar surface area (TPSA) is 122 Å². The summed E-state index contributed by atoms with van der Waals surface area (Å²) in [6, 6.07) is 1.47. The van der Waals surface area contributed by atoms with Crippen molar-refractivity contribution in [1.82, 2.24) is 24.8 Å². The molecule has 0 radical (unpaired) electrons. The summed E-state index contributed by atoms with van der Waals surface area (Å²) < 4.78 is 18.1. The third kappa shape index (κ3) is 4.62. The highest BCUT2D eigenvalue weighted by Crippen LogP contribution is 2.30. The monoisotopic (exact) mass is 435 g/mol. The van der Waals surface area contributed by atoms with Gasteiger partial charge in [-0.1, -0.05) is 5.21 Å². The van der Waals surface area contributed by atoms with E-state index in [9.17, 15) is 18.9 Å². The molecule has 1 N–H and O–H groups in total. The molecular weight excluding hydrogens is 410 g/mol. The van der Waals surface area contributed by atoms with Crippen molar-refractivity contribution in [2.75, 3.05) is 37.7 Å². The number of amides is 1. The molecule has 1 atom stereocenters. The summed E-state index contributed by atoms with van der Waals surface area (Å²) in [5, 5.41) is 17.6. The lowest BCUT2D eigenvalue weighted by Crippen LogP contribution is -2.47. The van der Waals surface area contributed by atoms with E-state index < -0.39 is 16.8 Å². The van der Waals surface area contributed by atoms with Gasteiger partial charge < -0.3 is 14.4 Å². The molecule has 30 heavy (non-hydrogen) atoms. The van der Waals surface area contributed by atoms with Crippen LogP contribution in [-0.4, -0.2) is 83.7 Å². The zero-order valence-electron chi connectivity index (χ0n) is 16.6. The predicted octanol–water partition coefficient (Wildman–Crippen LogP) is 0.736. The Hall–Kier alpha value is -2.53. The SMILES string of the molecule is O=C(O)c1occc1Cn1cc(C2CCCCN2C(=O)CN2CCS(=O)CC2)nn1. The van der Waals surface area contributed by atoms with Crippen molar-refractivity contribution in [3.05, 3.63) is 35.5 Å². The second kappa shape index (κ2) is 9.09. The third-order valence-electron chi connectivity index (χ3n) is 5.62. The van der Waals surface area contributed by atoms with E-state index in [2.05, 4.69) is 15.2 Å². The largest absolute Gasteiger partial charge is 0.475 e. The second-order valence-electron chi connectivity index (χ2n) is 7.64. The number of hydrogen-bond donors (Lipinski definition) is 1. The lowest BCUT2D eigenvalue weighted by Gasteiger charge is -2.36. The highest BCUT2D eigenvalue weighted by atomic mass is 32.2. The average Bonchev–Trinajstić information content (AvgIpc) is 3.40. The second-order valence-corrected chi connectivity index (χ2v) is 9.34. The van der Waals surface area contributed by atoms with Crippen molar-refractivity contribution in [2.24, 2.45) is 0 Å². The van der Waals surface area contributed by atoms with Crippen LogP contribution in [-0.2, 0) is 22.1 Å². The third-order valence-corrected chi connectivity index (χ3v) is 6.90. The zero-order valence-corrected chi connectivity index (χ0v) is 17.4. The van der Waals surface area contributed by atoms with Gasteiger partial charge in [-0.2, -0.15) is 0 Å². The van der Waals surface area contributed by atoms with E-state index in [1.54, 1.807) is 16.9 Å². The molecular formula is C19H25N5O5S. The normalized spacial score (nSPS) is 21.1. The molecule has 4 heterocycles. The number of piperidine rings is 1. The van der Waals surface area contributed by atoms with Crippen molar-refractivity contribution < 1.29 is 23.3 Å². The number of likely N-dealkylation sites (tertiary alicyclic amines) is 1. The number of aromatic nitrogens is 3. The van der Waals surface area contributed by atoms with Crippen LogP contribution in [0, 0.1) is 0 Å². The van der Waals surface area contributed by atoms with E-state index in [1.165, 1.54) is 6.26 Å². The van der Waals surface area contributed by atoms with Crippen LogP contribution < -0.4 is 0 Å². The fourth-order valence-corrected chi connectivity index (χ4v) is 5.15. The minimum Gasteiger partial charge on any atom is -0.475 e. The summed E-state index contributed by atoms with van der Waals surface area (Å²) in [5.74, 6) is 0.0734. The van der Waals surface area contributed by atoms with Crippen LogP contribution in [0.5, 0.6) is 0 Å². The molecule has 0 bridgehead atoms. The van der Waals surface area contributed by atoms with E-state index in [0.29, 0.717) is 48.9 Å². The average molecular weight is 436 g/mol. The van der Waals surface area contributed by atoms with Crippen LogP contribution in [0.1, 0.15) is 47.1 Å². The molecule has 0 aliphatic carbocycles. The summed E-state index contributed by atoms with van der Waals surface area (Å²) in [4.78, 5) is 28.2. The Kier molecular flexibility index (Phi) is 6.28. The van der Waals surface area contributed by atoms with Crippen LogP contribution >= 0.6 is 0 Å². The first-order chi connectivity index (χ1) is 14.5. The maximum absolute atomic E-state index is 13.0.